The van der Waals surface area contributed by atoms with E-state index in [-0.39, 0.29) is 10.5 Å². The molecular formula is C25H23N5O3S. The zero-order valence-corrected chi connectivity index (χ0v) is 19.3. The molecule has 0 saturated heterocycles. The van der Waals surface area contributed by atoms with Gasteiger partial charge in [-0.2, -0.15) is 5.10 Å². The molecule has 1 aromatic heterocycles. The lowest BCUT2D eigenvalue weighted by molar-refractivity contribution is 0.102. The average molecular weight is 474 g/mol. The van der Waals surface area contributed by atoms with Gasteiger partial charge in [0.25, 0.3) is 15.9 Å². The lowest BCUT2D eigenvalue weighted by Crippen LogP contribution is -2.35. The molecule has 1 aliphatic rings. The van der Waals surface area contributed by atoms with Crippen LogP contribution in [0.2, 0.25) is 0 Å². The van der Waals surface area contributed by atoms with Crippen LogP contribution in [0.1, 0.15) is 28.2 Å². The summed E-state index contributed by atoms with van der Waals surface area (Å²) in [5, 5.41) is 9.78. The normalized spacial score (nSPS) is 13.4. The number of aryl methyl sites for hydroxylation is 2. The van der Waals surface area contributed by atoms with Gasteiger partial charge in [-0.15, -0.1) is 0 Å². The minimum atomic E-state index is -3.81. The topological polar surface area (TPSA) is 108 Å². The second-order valence-corrected chi connectivity index (χ2v) is 9.98. The minimum absolute atomic E-state index is 0.0850. The highest BCUT2D eigenvalue weighted by Gasteiger charge is 2.29. The summed E-state index contributed by atoms with van der Waals surface area (Å²) in [6.45, 7) is 2.22. The first-order chi connectivity index (χ1) is 16.4. The molecule has 2 heterocycles. The third-order valence-electron chi connectivity index (χ3n) is 5.73. The van der Waals surface area contributed by atoms with Gasteiger partial charge in [-0.25, -0.2) is 13.4 Å². The van der Waals surface area contributed by atoms with E-state index in [2.05, 4.69) is 20.5 Å². The predicted octanol–water partition coefficient (Wildman–Crippen LogP) is 4.17. The lowest BCUT2D eigenvalue weighted by atomic mass is 10.0. The highest BCUT2D eigenvalue weighted by Crippen LogP contribution is 2.32. The number of rotatable bonds is 5. The van der Waals surface area contributed by atoms with Crippen molar-refractivity contribution in [2.75, 3.05) is 16.2 Å². The van der Waals surface area contributed by atoms with Crippen molar-refractivity contribution in [2.45, 2.75) is 24.7 Å². The van der Waals surface area contributed by atoms with Crippen molar-refractivity contribution < 1.29 is 13.2 Å². The van der Waals surface area contributed by atoms with E-state index >= 15 is 0 Å². The van der Waals surface area contributed by atoms with Crippen LogP contribution in [0, 0.1) is 6.92 Å². The summed E-state index contributed by atoms with van der Waals surface area (Å²) in [7, 11) is -3.81. The fourth-order valence-electron chi connectivity index (χ4n) is 4.08. The van der Waals surface area contributed by atoms with Crippen molar-refractivity contribution in [1.82, 2.24) is 15.2 Å². The van der Waals surface area contributed by atoms with Crippen molar-refractivity contribution in [2.24, 2.45) is 0 Å². The molecule has 0 spiro atoms. The minimum Gasteiger partial charge on any atom is -0.322 e. The van der Waals surface area contributed by atoms with Gasteiger partial charge in [0.1, 0.15) is 5.82 Å². The van der Waals surface area contributed by atoms with Gasteiger partial charge in [-0.1, -0.05) is 36.4 Å². The van der Waals surface area contributed by atoms with Crippen molar-refractivity contribution in [1.29, 1.82) is 0 Å². The van der Waals surface area contributed by atoms with E-state index in [1.807, 2.05) is 37.3 Å². The molecule has 0 fully saturated rings. The highest BCUT2D eigenvalue weighted by atomic mass is 32.2. The standard InChI is InChI=1S/C25H23N5O3S/c1-17-26-24(29-28-17)19-8-4-11-21(15-19)27-25(31)20-9-5-12-22(16-20)34(32,33)30-14-6-10-18-7-2-3-13-23(18)30/h2-5,7-9,11-13,15-16H,6,10,14H2,1H3,(H,27,31)(H,26,28,29). The summed E-state index contributed by atoms with van der Waals surface area (Å²) in [6.07, 6.45) is 1.59. The average Bonchev–Trinajstić information content (AvgIpc) is 3.30. The van der Waals surface area contributed by atoms with Gasteiger partial charge in [0.15, 0.2) is 5.82 Å². The van der Waals surface area contributed by atoms with Crippen LogP contribution in [0.3, 0.4) is 0 Å². The van der Waals surface area contributed by atoms with E-state index in [1.54, 1.807) is 30.3 Å². The van der Waals surface area contributed by atoms with Crippen LogP contribution in [0.4, 0.5) is 11.4 Å². The zero-order chi connectivity index (χ0) is 23.7. The number of sulfonamides is 1. The molecule has 8 nitrogen and oxygen atoms in total. The zero-order valence-electron chi connectivity index (χ0n) is 18.5. The van der Waals surface area contributed by atoms with Crippen molar-refractivity contribution >= 4 is 27.3 Å². The number of aromatic amines is 1. The smallest absolute Gasteiger partial charge is 0.264 e. The van der Waals surface area contributed by atoms with Crippen LogP contribution >= 0.6 is 0 Å². The van der Waals surface area contributed by atoms with Gasteiger partial charge < -0.3 is 5.32 Å². The molecule has 0 aliphatic carbocycles. The fourth-order valence-corrected chi connectivity index (χ4v) is 5.67. The third kappa shape index (κ3) is 4.17. The lowest BCUT2D eigenvalue weighted by Gasteiger charge is -2.30. The molecule has 0 saturated carbocycles. The van der Waals surface area contributed by atoms with Crippen LogP contribution in [-0.2, 0) is 16.4 Å². The summed E-state index contributed by atoms with van der Waals surface area (Å²) in [5.74, 6) is 0.821. The van der Waals surface area contributed by atoms with Crippen molar-refractivity contribution in [3.63, 3.8) is 0 Å². The van der Waals surface area contributed by atoms with Crippen LogP contribution < -0.4 is 9.62 Å². The number of aromatic nitrogens is 3. The monoisotopic (exact) mass is 473 g/mol. The number of nitrogens with one attached hydrogen (secondary N) is 2. The Hall–Kier alpha value is -3.98. The number of H-pyrrole nitrogens is 1. The van der Waals surface area contributed by atoms with Crippen LogP contribution in [0.5, 0.6) is 0 Å². The van der Waals surface area contributed by atoms with E-state index in [0.29, 0.717) is 29.6 Å². The summed E-state index contributed by atoms with van der Waals surface area (Å²) >= 11 is 0. The molecular weight excluding hydrogens is 450 g/mol. The van der Waals surface area contributed by atoms with E-state index in [1.165, 1.54) is 16.4 Å². The molecule has 0 atom stereocenters. The number of carbonyl (C=O) groups is 1. The van der Waals surface area contributed by atoms with Gasteiger partial charge in [0, 0.05) is 23.4 Å². The molecule has 2 N–H and O–H groups in total. The maximum Gasteiger partial charge on any atom is 0.264 e. The molecule has 1 amide bonds. The van der Waals surface area contributed by atoms with Gasteiger partial charge in [-0.3, -0.25) is 14.2 Å². The summed E-state index contributed by atoms with van der Waals surface area (Å²) < 4.78 is 28.4. The summed E-state index contributed by atoms with van der Waals surface area (Å²) in [6, 6.07) is 20.8. The van der Waals surface area contributed by atoms with Gasteiger partial charge in [0.05, 0.1) is 10.6 Å². The molecule has 9 heteroatoms. The van der Waals surface area contributed by atoms with Crippen LogP contribution in [0.25, 0.3) is 11.4 Å². The Kier molecular flexibility index (Phi) is 5.62. The molecule has 4 aromatic rings. The molecule has 1 aliphatic heterocycles. The van der Waals surface area contributed by atoms with E-state index < -0.39 is 15.9 Å². The maximum absolute atomic E-state index is 13.5. The fraction of sp³-hybridized carbons (Fsp3) is 0.160. The first kappa shape index (κ1) is 21.8. The Bertz CT molecular complexity index is 1480. The molecule has 0 bridgehead atoms. The van der Waals surface area contributed by atoms with Crippen molar-refractivity contribution in [3.05, 3.63) is 89.7 Å². The Balaban J connectivity index is 1.40. The SMILES string of the molecule is Cc1nc(-c2cccc(NC(=O)c3cccc(S(=O)(=O)N4CCCc5ccccc54)c3)c2)n[nH]1. The number of hydrogen-bond donors (Lipinski definition) is 2. The largest absolute Gasteiger partial charge is 0.322 e. The third-order valence-corrected chi connectivity index (χ3v) is 7.54. The molecule has 3 aromatic carbocycles. The first-order valence-electron chi connectivity index (χ1n) is 10.9. The van der Waals surface area contributed by atoms with Crippen molar-refractivity contribution in [3.8, 4) is 11.4 Å². The van der Waals surface area contributed by atoms with Crippen LogP contribution in [-0.4, -0.2) is 36.1 Å². The number of carbonyl (C=O) groups excluding carboxylic acids is 1. The summed E-state index contributed by atoms with van der Waals surface area (Å²) in [5.41, 5.74) is 3.27. The van der Waals surface area contributed by atoms with Gasteiger partial charge in [0.2, 0.25) is 0 Å². The van der Waals surface area contributed by atoms with Gasteiger partial charge in [-0.05, 0) is 61.7 Å². The molecule has 34 heavy (non-hydrogen) atoms. The molecule has 5 rings (SSSR count). The van der Waals surface area contributed by atoms with Gasteiger partial charge >= 0.3 is 0 Å². The predicted molar refractivity (Wildman–Crippen MR) is 130 cm³/mol. The van der Waals surface area contributed by atoms with Crippen LogP contribution in [0.15, 0.2) is 77.7 Å². The quantitative estimate of drug-likeness (QED) is 0.452. The molecule has 0 radical (unpaired) electrons. The highest BCUT2D eigenvalue weighted by molar-refractivity contribution is 7.92. The Morgan fingerprint density at radius 1 is 1.03 bits per heavy atom. The number of amides is 1. The Morgan fingerprint density at radius 3 is 2.68 bits per heavy atom. The summed E-state index contributed by atoms with van der Waals surface area (Å²) in [4.78, 5) is 17.4. The van der Waals surface area contributed by atoms with E-state index in [0.717, 1.165) is 24.0 Å². The Labute approximate surface area is 197 Å². The molecule has 0 unspecified atom stereocenters. The second kappa shape index (κ2) is 8.75. The number of fused-ring (bicyclic) bond motifs is 1. The second-order valence-electron chi connectivity index (χ2n) is 8.12. The first-order valence-corrected chi connectivity index (χ1v) is 12.4. The number of nitrogens with zero attached hydrogens (tertiary/aromatic N) is 3. The number of benzene rings is 3. The Morgan fingerprint density at radius 2 is 1.85 bits per heavy atom. The number of anilines is 2. The number of hydrogen-bond acceptors (Lipinski definition) is 5. The number of para-hydroxylation sites is 1. The maximum atomic E-state index is 13.5. The van der Waals surface area contributed by atoms with E-state index in [9.17, 15) is 13.2 Å². The molecule has 172 valence electrons. The van der Waals surface area contributed by atoms with E-state index in [4.69, 9.17) is 0 Å².